The maximum absolute atomic E-state index is 5.91. The Kier molecular flexibility index (Phi) is 3.89. The lowest BCUT2D eigenvalue weighted by molar-refractivity contribution is 0.194. The van der Waals surface area contributed by atoms with Gasteiger partial charge < -0.3 is 15.2 Å². The molecule has 1 aliphatic heterocycles. The van der Waals surface area contributed by atoms with Crippen molar-refractivity contribution in [2.24, 2.45) is 5.92 Å². The monoisotopic (exact) mass is 286 g/mol. The van der Waals surface area contributed by atoms with Crippen LogP contribution in [0, 0.1) is 5.92 Å². The van der Waals surface area contributed by atoms with E-state index in [0.717, 1.165) is 23.7 Å². The van der Waals surface area contributed by atoms with Crippen LogP contribution >= 0.6 is 0 Å². The summed E-state index contributed by atoms with van der Waals surface area (Å²) in [6.45, 7) is 7.92. The summed E-state index contributed by atoms with van der Waals surface area (Å²) < 4.78 is 2.42. The lowest BCUT2D eigenvalue weighted by Gasteiger charge is -2.30. The van der Waals surface area contributed by atoms with Crippen molar-refractivity contribution in [2.75, 3.05) is 25.9 Å². The summed E-state index contributed by atoms with van der Waals surface area (Å²) in [6.07, 6.45) is 2.62. The molecule has 1 aromatic carbocycles. The Morgan fingerprint density at radius 3 is 2.90 bits per heavy atom. The number of fused-ring (bicyclic) bond motifs is 1. The van der Waals surface area contributed by atoms with Crippen LogP contribution in [-0.2, 0) is 6.54 Å². The molecular weight excluding hydrogens is 260 g/mol. The van der Waals surface area contributed by atoms with Gasteiger partial charge in [0.2, 0.25) is 0 Å². The van der Waals surface area contributed by atoms with Crippen LogP contribution in [0.15, 0.2) is 18.2 Å². The fourth-order valence-corrected chi connectivity index (χ4v) is 3.48. The van der Waals surface area contributed by atoms with E-state index >= 15 is 0 Å². The number of likely N-dealkylation sites (tertiary alicyclic amines) is 1. The van der Waals surface area contributed by atoms with E-state index in [2.05, 4.69) is 36.4 Å². The predicted molar refractivity (Wildman–Crippen MR) is 88.5 cm³/mol. The summed E-state index contributed by atoms with van der Waals surface area (Å²) in [7, 11) is 2.22. The van der Waals surface area contributed by atoms with Crippen molar-refractivity contribution in [2.45, 2.75) is 39.2 Å². The highest BCUT2D eigenvalue weighted by Gasteiger charge is 2.21. The first-order valence-electron chi connectivity index (χ1n) is 7.99. The van der Waals surface area contributed by atoms with E-state index in [1.165, 1.54) is 37.3 Å². The molecule has 0 spiro atoms. The molecule has 1 saturated heterocycles. The van der Waals surface area contributed by atoms with E-state index < -0.39 is 0 Å². The third-order valence-corrected chi connectivity index (χ3v) is 4.48. The third kappa shape index (κ3) is 2.91. The largest absolute Gasteiger partial charge is 0.399 e. The maximum atomic E-state index is 5.91. The standard InChI is InChI=1S/C17H26N4/c1-12(2)17-19-15-9-14(18)6-7-16(15)21(17)11-13-5-4-8-20(3)10-13/h6-7,9,12-13H,4-5,8,10-11,18H2,1-3H3. The average molecular weight is 286 g/mol. The van der Waals surface area contributed by atoms with Gasteiger partial charge in [0, 0.05) is 24.7 Å². The SMILES string of the molecule is CC(C)c1nc2cc(N)ccc2n1CC1CCCN(C)C1. The summed E-state index contributed by atoms with van der Waals surface area (Å²) in [5, 5.41) is 0. The van der Waals surface area contributed by atoms with Crippen LogP contribution in [0.1, 0.15) is 38.4 Å². The second-order valence-corrected chi connectivity index (χ2v) is 6.75. The minimum atomic E-state index is 0.431. The highest BCUT2D eigenvalue weighted by molar-refractivity contribution is 5.79. The number of anilines is 1. The second kappa shape index (κ2) is 5.68. The number of imidazole rings is 1. The van der Waals surface area contributed by atoms with Crippen LogP contribution in [0.2, 0.25) is 0 Å². The smallest absolute Gasteiger partial charge is 0.112 e. The fourth-order valence-electron chi connectivity index (χ4n) is 3.48. The Hall–Kier alpha value is -1.55. The van der Waals surface area contributed by atoms with Gasteiger partial charge in [0.1, 0.15) is 5.82 Å². The summed E-state index contributed by atoms with van der Waals surface area (Å²) in [5.74, 6) is 2.33. The van der Waals surface area contributed by atoms with Crippen LogP contribution in [0.5, 0.6) is 0 Å². The van der Waals surface area contributed by atoms with Crippen LogP contribution < -0.4 is 5.73 Å². The number of nitrogens with two attached hydrogens (primary N) is 1. The van der Waals surface area contributed by atoms with Crippen LogP contribution in [0.3, 0.4) is 0 Å². The van der Waals surface area contributed by atoms with Crippen LogP contribution in [-0.4, -0.2) is 34.6 Å². The molecule has 1 aromatic heterocycles. The van der Waals surface area contributed by atoms with Crippen LogP contribution in [0.25, 0.3) is 11.0 Å². The summed E-state index contributed by atoms with van der Waals surface area (Å²) in [6, 6.07) is 6.10. The quantitative estimate of drug-likeness (QED) is 0.882. The molecule has 1 atom stereocenters. The zero-order valence-corrected chi connectivity index (χ0v) is 13.3. The van der Waals surface area contributed by atoms with Crippen molar-refractivity contribution in [3.05, 3.63) is 24.0 Å². The van der Waals surface area contributed by atoms with Gasteiger partial charge in [-0.3, -0.25) is 0 Å². The zero-order chi connectivity index (χ0) is 15.0. The average Bonchev–Trinajstić information content (AvgIpc) is 2.77. The molecule has 0 amide bonds. The predicted octanol–water partition coefficient (Wildman–Crippen LogP) is 3.08. The first-order valence-corrected chi connectivity index (χ1v) is 7.99. The molecule has 0 aliphatic carbocycles. The second-order valence-electron chi connectivity index (χ2n) is 6.75. The van der Waals surface area contributed by atoms with E-state index in [1.54, 1.807) is 0 Å². The Labute approximate surface area is 126 Å². The third-order valence-electron chi connectivity index (χ3n) is 4.48. The van der Waals surface area contributed by atoms with Crippen molar-refractivity contribution >= 4 is 16.7 Å². The molecule has 2 N–H and O–H groups in total. The van der Waals surface area contributed by atoms with Crippen molar-refractivity contribution in [3.63, 3.8) is 0 Å². The minimum Gasteiger partial charge on any atom is -0.399 e. The molecule has 3 rings (SSSR count). The molecule has 2 aromatic rings. The van der Waals surface area contributed by atoms with Crippen LogP contribution in [0.4, 0.5) is 5.69 Å². The molecule has 2 heterocycles. The van der Waals surface area contributed by atoms with E-state index in [4.69, 9.17) is 10.7 Å². The number of aromatic nitrogens is 2. The van der Waals surface area contributed by atoms with Gasteiger partial charge in [0.05, 0.1) is 11.0 Å². The highest BCUT2D eigenvalue weighted by atomic mass is 15.1. The molecule has 114 valence electrons. The number of nitrogen functional groups attached to an aromatic ring is 1. The van der Waals surface area contributed by atoms with Gasteiger partial charge in [-0.25, -0.2) is 4.98 Å². The number of benzene rings is 1. The first-order chi connectivity index (χ1) is 10.0. The Morgan fingerprint density at radius 2 is 2.19 bits per heavy atom. The van der Waals surface area contributed by atoms with E-state index in [1.807, 2.05) is 12.1 Å². The summed E-state index contributed by atoms with van der Waals surface area (Å²) >= 11 is 0. The van der Waals surface area contributed by atoms with Gasteiger partial charge in [0.15, 0.2) is 0 Å². The molecule has 1 unspecified atom stereocenters. The molecular formula is C17H26N4. The molecule has 1 fully saturated rings. The molecule has 0 radical (unpaired) electrons. The van der Waals surface area contributed by atoms with Crippen molar-refractivity contribution in [3.8, 4) is 0 Å². The van der Waals surface area contributed by atoms with Gasteiger partial charge >= 0.3 is 0 Å². The van der Waals surface area contributed by atoms with Crippen molar-refractivity contribution in [1.29, 1.82) is 0 Å². The molecule has 21 heavy (non-hydrogen) atoms. The highest BCUT2D eigenvalue weighted by Crippen LogP contribution is 2.26. The van der Waals surface area contributed by atoms with Gasteiger partial charge in [-0.05, 0) is 50.6 Å². The summed E-state index contributed by atoms with van der Waals surface area (Å²) in [5.41, 5.74) is 8.95. The molecule has 0 saturated carbocycles. The van der Waals surface area contributed by atoms with Crippen molar-refractivity contribution < 1.29 is 0 Å². The van der Waals surface area contributed by atoms with Gasteiger partial charge in [-0.15, -0.1) is 0 Å². The minimum absolute atomic E-state index is 0.431. The Morgan fingerprint density at radius 1 is 1.38 bits per heavy atom. The fraction of sp³-hybridized carbons (Fsp3) is 0.588. The molecule has 4 nitrogen and oxygen atoms in total. The topological polar surface area (TPSA) is 47.1 Å². The Balaban J connectivity index is 1.97. The zero-order valence-electron chi connectivity index (χ0n) is 13.3. The van der Waals surface area contributed by atoms with Gasteiger partial charge in [-0.2, -0.15) is 0 Å². The molecule has 4 heteroatoms. The number of nitrogens with zero attached hydrogens (tertiary/aromatic N) is 3. The number of hydrogen-bond acceptors (Lipinski definition) is 3. The molecule has 1 aliphatic rings. The molecule has 0 bridgehead atoms. The van der Waals surface area contributed by atoms with Gasteiger partial charge in [0.25, 0.3) is 0 Å². The first kappa shape index (κ1) is 14.4. The van der Waals surface area contributed by atoms with Crippen molar-refractivity contribution in [1.82, 2.24) is 14.5 Å². The number of hydrogen-bond donors (Lipinski definition) is 1. The Bertz CT molecular complexity index is 629. The van der Waals surface area contributed by atoms with Gasteiger partial charge in [-0.1, -0.05) is 13.8 Å². The lowest BCUT2D eigenvalue weighted by Crippen LogP contribution is -2.34. The van der Waals surface area contributed by atoms with E-state index in [9.17, 15) is 0 Å². The summed E-state index contributed by atoms with van der Waals surface area (Å²) in [4.78, 5) is 7.27. The normalized spacial score (nSPS) is 20.5. The number of rotatable bonds is 3. The lowest BCUT2D eigenvalue weighted by atomic mass is 9.98. The van der Waals surface area contributed by atoms with E-state index in [-0.39, 0.29) is 0 Å². The maximum Gasteiger partial charge on any atom is 0.112 e. The number of piperidine rings is 1. The van der Waals surface area contributed by atoms with E-state index in [0.29, 0.717) is 5.92 Å².